The average molecular weight is 194 g/mol. The van der Waals surface area contributed by atoms with Gasteiger partial charge in [0.05, 0.1) is 0 Å². The van der Waals surface area contributed by atoms with Crippen molar-refractivity contribution < 1.29 is 0 Å². The Bertz CT molecular complexity index is 290. The van der Waals surface area contributed by atoms with Crippen LogP contribution in [0.2, 0.25) is 0 Å². The van der Waals surface area contributed by atoms with Crippen molar-refractivity contribution in [1.82, 2.24) is 9.97 Å². The number of hydrogen-bond donors (Lipinski definition) is 2. The molecule has 0 unspecified atom stereocenters. The van der Waals surface area contributed by atoms with Crippen LogP contribution in [-0.4, -0.2) is 23.6 Å². The summed E-state index contributed by atoms with van der Waals surface area (Å²) < 4.78 is 0. The molecule has 1 aromatic heterocycles. The maximum Gasteiger partial charge on any atom is 0.224 e. The van der Waals surface area contributed by atoms with Gasteiger partial charge >= 0.3 is 0 Å². The minimum atomic E-state index is 0.255. The van der Waals surface area contributed by atoms with Gasteiger partial charge in [0.2, 0.25) is 5.95 Å². The summed E-state index contributed by atoms with van der Waals surface area (Å²) in [6.45, 7) is 7.44. The summed E-state index contributed by atoms with van der Waals surface area (Å²) in [5, 5.41) is 6.17. The zero-order chi connectivity index (χ0) is 10.6. The van der Waals surface area contributed by atoms with Gasteiger partial charge in [-0.15, -0.1) is 0 Å². The van der Waals surface area contributed by atoms with E-state index in [1.54, 1.807) is 6.20 Å². The highest BCUT2D eigenvalue weighted by Crippen LogP contribution is 2.14. The molecule has 0 aromatic carbocycles. The van der Waals surface area contributed by atoms with Crippen LogP contribution < -0.4 is 10.6 Å². The lowest BCUT2D eigenvalue weighted by Crippen LogP contribution is -2.19. The second kappa shape index (κ2) is 4.26. The molecule has 0 saturated heterocycles. The molecule has 0 amide bonds. The van der Waals surface area contributed by atoms with Crippen molar-refractivity contribution in [3.8, 4) is 0 Å². The summed E-state index contributed by atoms with van der Waals surface area (Å²) >= 11 is 0. The normalized spacial score (nSPS) is 11.1. The summed E-state index contributed by atoms with van der Waals surface area (Å²) in [6, 6.07) is 1.87. The Morgan fingerprint density at radius 1 is 1.36 bits per heavy atom. The Labute approximate surface area is 85.2 Å². The van der Waals surface area contributed by atoms with Crippen molar-refractivity contribution in [3.63, 3.8) is 0 Å². The van der Waals surface area contributed by atoms with Crippen molar-refractivity contribution in [3.05, 3.63) is 12.3 Å². The molecule has 0 saturated carbocycles. The van der Waals surface area contributed by atoms with Gasteiger partial charge in [0, 0.05) is 19.8 Å². The number of nitrogens with one attached hydrogen (secondary N) is 2. The SMILES string of the molecule is CNc1nccc(NCC(C)(C)C)n1. The number of aromatic nitrogens is 2. The van der Waals surface area contributed by atoms with E-state index in [0.29, 0.717) is 5.95 Å². The van der Waals surface area contributed by atoms with Gasteiger partial charge in [0.15, 0.2) is 0 Å². The van der Waals surface area contributed by atoms with Crippen molar-refractivity contribution in [2.75, 3.05) is 24.2 Å². The lowest BCUT2D eigenvalue weighted by molar-refractivity contribution is 0.442. The topological polar surface area (TPSA) is 49.8 Å². The van der Waals surface area contributed by atoms with Gasteiger partial charge in [-0.2, -0.15) is 4.98 Å². The van der Waals surface area contributed by atoms with E-state index in [1.807, 2.05) is 13.1 Å². The van der Waals surface area contributed by atoms with Gasteiger partial charge in [0.1, 0.15) is 5.82 Å². The fraction of sp³-hybridized carbons (Fsp3) is 0.600. The quantitative estimate of drug-likeness (QED) is 0.772. The molecule has 1 aromatic rings. The zero-order valence-corrected chi connectivity index (χ0v) is 9.26. The van der Waals surface area contributed by atoms with Crippen molar-refractivity contribution >= 4 is 11.8 Å². The molecule has 78 valence electrons. The maximum atomic E-state index is 4.26. The molecule has 1 rings (SSSR count). The van der Waals surface area contributed by atoms with E-state index in [-0.39, 0.29) is 5.41 Å². The van der Waals surface area contributed by atoms with Gasteiger partial charge in [-0.1, -0.05) is 20.8 Å². The summed E-state index contributed by atoms with van der Waals surface area (Å²) in [6.07, 6.45) is 1.74. The fourth-order valence-corrected chi connectivity index (χ4v) is 0.933. The zero-order valence-electron chi connectivity index (χ0n) is 9.26. The lowest BCUT2D eigenvalue weighted by atomic mass is 9.97. The van der Waals surface area contributed by atoms with Crippen molar-refractivity contribution in [2.45, 2.75) is 20.8 Å². The largest absolute Gasteiger partial charge is 0.369 e. The van der Waals surface area contributed by atoms with E-state index in [2.05, 4.69) is 41.4 Å². The average Bonchev–Trinajstić information content (AvgIpc) is 2.14. The molecule has 4 nitrogen and oxygen atoms in total. The van der Waals surface area contributed by atoms with Gasteiger partial charge in [0.25, 0.3) is 0 Å². The van der Waals surface area contributed by atoms with E-state index in [4.69, 9.17) is 0 Å². The van der Waals surface area contributed by atoms with E-state index < -0.39 is 0 Å². The Morgan fingerprint density at radius 2 is 2.07 bits per heavy atom. The van der Waals surface area contributed by atoms with Crippen molar-refractivity contribution in [2.24, 2.45) is 5.41 Å². The first-order chi connectivity index (χ1) is 6.51. The van der Waals surface area contributed by atoms with Crippen LogP contribution >= 0.6 is 0 Å². The van der Waals surface area contributed by atoms with Crippen LogP contribution in [0.1, 0.15) is 20.8 Å². The van der Waals surface area contributed by atoms with Crippen LogP contribution in [0.25, 0.3) is 0 Å². The summed E-state index contributed by atoms with van der Waals surface area (Å²) in [4.78, 5) is 8.30. The number of anilines is 2. The van der Waals surface area contributed by atoms with Crippen LogP contribution in [0, 0.1) is 5.41 Å². The molecule has 0 fully saturated rings. The van der Waals surface area contributed by atoms with Gasteiger partial charge in [-0.25, -0.2) is 4.98 Å². The Balaban J connectivity index is 2.59. The minimum Gasteiger partial charge on any atom is -0.369 e. The molecule has 0 atom stereocenters. The third-order valence-electron chi connectivity index (χ3n) is 1.68. The first-order valence-corrected chi connectivity index (χ1v) is 4.76. The highest BCUT2D eigenvalue weighted by Gasteiger charge is 2.09. The Morgan fingerprint density at radius 3 is 2.64 bits per heavy atom. The predicted molar refractivity (Wildman–Crippen MR) is 59.5 cm³/mol. The second-order valence-corrected chi connectivity index (χ2v) is 4.43. The van der Waals surface area contributed by atoms with Gasteiger partial charge in [-0.05, 0) is 11.5 Å². The predicted octanol–water partition coefficient (Wildman–Crippen LogP) is 1.98. The monoisotopic (exact) mass is 194 g/mol. The van der Waals surface area contributed by atoms with Crippen molar-refractivity contribution in [1.29, 1.82) is 0 Å². The second-order valence-electron chi connectivity index (χ2n) is 4.43. The highest BCUT2D eigenvalue weighted by atomic mass is 15.1. The first-order valence-electron chi connectivity index (χ1n) is 4.76. The molecule has 14 heavy (non-hydrogen) atoms. The molecule has 0 spiro atoms. The minimum absolute atomic E-state index is 0.255. The maximum absolute atomic E-state index is 4.26. The Kier molecular flexibility index (Phi) is 3.28. The van der Waals surface area contributed by atoms with Gasteiger partial charge < -0.3 is 10.6 Å². The third kappa shape index (κ3) is 3.60. The van der Waals surface area contributed by atoms with Crippen LogP contribution in [0.3, 0.4) is 0 Å². The first kappa shape index (κ1) is 10.8. The highest BCUT2D eigenvalue weighted by molar-refractivity contribution is 5.39. The molecule has 0 aliphatic heterocycles. The number of hydrogen-bond acceptors (Lipinski definition) is 4. The summed E-state index contributed by atoms with van der Waals surface area (Å²) in [5.41, 5.74) is 0.255. The molecular formula is C10H18N4. The number of nitrogens with zero attached hydrogens (tertiary/aromatic N) is 2. The standard InChI is InChI=1S/C10H18N4/c1-10(2,3)7-13-8-5-6-12-9(11-4)14-8/h5-6H,7H2,1-4H3,(H2,11,12,13,14). The lowest BCUT2D eigenvalue weighted by Gasteiger charge is -2.19. The summed E-state index contributed by atoms with van der Waals surface area (Å²) in [5.74, 6) is 1.50. The van der Waals surface area contributed by atoms with E-state index in [0.717, 1.165) is 12.4 Å². The van der Waals surface area contributed by atoms with Crippen LogP contribution in [-0.2, 0) is 0 Å². The molecule has 0 radical (unpaired) electrons. The van der Waals surface area contributed by atoms with E-state index >= 15 is 0 Å². The third-order valence-corrected chi connectivity index (χ3v) is 1.68. The molecule has 4 heteroatoms. The Hall–Kier alpha value is -1.32. The summed E-state index contributed by atoms with van der Waals surface area (Å²) in [7, 11) is 1.81. The van der Waals surface area contributed by atoms with E-state index in [9.17, 15) is 0 Å². The van der Waals surface area contributed by atoms with Crippen LogP contribution in [0.15, 0.2) is 12.3 Å². The molecule has 0 aliphatic rings. The smallest absolute Gasteiger partial charge is 0.224 e. The molecular weight excluding hydrogens is 176 g/mol. The van der Waals surface area contributed by atoms with Crippen LogP contribution in [0.4, 0.5) is 11.8 Å². The van der Waals surface area contributed by atoms with Crippen LogP contribution in [0.5, 0.6) is 0 Å². The molecule has 0 aliphatic carbocycles. The molecule has 1 heterocycles. The fourth-order valence-electron chi connectivity index (χ4n) is 0.933. The molecule has 2 N–H and O–H groups in total. The number of rotatable bonds is 3. The van der Waals surface area contributed by atoms with E-state index in [1.165, 1.54) is 0 Å². The van der Waals surface area contributed by atoms with Gasteiger partial charge in [-0.3, -0.25) is 0 Å². The molecule has 0 bridgehead atoms.